The number of hydrogen-bond donors (Lipinski definition) is 2. The van der Waals surface area contributed by atoms with Gasteiger partial charge in [-0.15, -0.1) is 0 Å². The Bertz CT molecular complexity index is 1040. The number of hydrogen-bond acceptors (Lipinski definition) is 6. The summed E-state index contributed by atoms with van der Waals surface area (Å²) in [5.74, 6) is -3.09. The average molecular weight is 408 g/mol. The number of nitrogens with one attached hydrogen (secondary N) is 2. The monoisotopic (exact) mass is 408 g/mol. The first-order valence-corrected chi connectivity index (χ1v) is 9.43. The topological polar surface area (TPSA) is 119 Å². The summed E-state index contributed by atoms with van der Waals surface area (Å²) < 4.78 is 44.2. The number of ketones is 1. The van der Waals surface area contributed by atoms with E-state index in [1.54, 1.807) is 12.1 Å². The van der Waals surface area contributed by atoms with Crippen LogP contribution in [0.4, 0.5) is 10.1 Å². The van der Waals surface area contributed by atoms with Crippen LogP contribution >= 0.6 is 0 Å². The first-order chi connectivity index (χ1) is 13.1. The van der Waals surface area contributed by atoms with E-state index in [1.165, 1.54) is 26.1 Å². The summed E-state index contributed by atoms with van der Waals surface area (Å²) in [6.45, 7) is 0.644. The number of benzene rings is 2. The molecule has 2 aromatic carbocycles. The van der Waals surface area contributed by atoms with E-state index in [0.717, 1.165) is 18.2 Å². The quantitative estimate of drug-likeness (QED) is 0.532. The van der Waals surface area contributed by atoms with Gasteiger partial charge in [0, 0.05) is 11.3 Å². The van der Waals surface area contributed by atoms with Gasteiger partial charge in [-0.25, -0.2) is 22.3 Å². The second kappa shape index (κ2) is 8.72. The molecule has 0 fully saturated rings. The lowest BCUT2D eigenvalue weighted by molar-refractivity contribution is -0.119. The van der Waals surface area contributed by atoms with E-state index in [-0.39, 0.29) is 10.7 Å². The van der Waals surface area contributed by atoms with E-state index in [1.807, 2.05) is 4.72 Å². The van der Waals surface area contributed by atoms with E-state index in [9.17, 15) is 27.2 Å². The minimum Gasteiger partial charge on any atom is -0.452 e. The summed E-state index contributed by atoms with van der Waals surface area (Å²) in [4.78, 5) is 35.0. The molecule has 0 spiro atoms. The number of rotatable bonds is 7. The van der Waals surface area contributed by atoms with Crippen LogP contribution in [0.3, 0.4) is 0 Å². The fraction of sp³-hybridized carbons (Fsp3) is 0.167. The van der Waals surface area contributed by atoms with Gasteiger partial charge in [-0.1, -0.05) is 12.1 Å². The standard InChI is InChI=1S/C18H17FN2O6S/c1-11(22)12-4-3-5-13(8-12)21-17(23)10-27-18(24)15-9-14(6-7-16(15)19)28(25,26)20-2/h3-9,20H,10H2,1-2H3,(H,21,23). The van der Waals surface area contributed by atoms with Gasteiger partial charge in [0.25, 0.3) is 5.91 Å². The number of Topliss-reactive ketones (excluding diaryl/α,β-unsaturated/α-hetero) is 1. The number of sulfonamides is 1. The molecule has 0 heterocycles. The second-order valence-electron chi connectivity index (χ2n) is 5.61. The maximum atomic E-state index is 13.9. The first kappa shape index (κ1) is 21.2. The molecule has 2 rings (SSSR count). The van der Waals surface area contributed by atoms with E-state index in [4.69, 9.17) is 4.74 Å². The largest absolute Gasteiger partial charge is 0.452 e. The molecule has 0 unspecified atom stereocenters. The van der Waals surface area contributed by atoms with Crippen molar-refractivity contribution in [1.82, 2.24) is 4.72 Å². The fourth-order valence-electron chi connectivity index (χ4n) is 2.17. The first-order valence-electron chi connectivity index (χ1n) is 7.95. The predicted molar refractivity (Wildman–Crippen MR) is 98.0 cm³/mol. The van der Waals surface area contributed by atoms with E-state index in [0.29, 0.717) is 11.3 Å². The summed E-state index contributed by atoms with van der Waals surface area (Å²) >= 11 is 0. The Morgan fingerprint density at radius 1 is 1.11 bits per heavy atom. The lowest BCUT2D eigenvalue weighted by atomic mass is 10.1. The van der Waals surface area contributed by atoms with Crippen molar-refractivity contribution < 1.29 is 31.9 Å². The number of amides is 1. The van der Waals surface area contributed by atoms with E-state index < -0.39 is 39.9 Å². The molecule has 0 atom stereocenters. The number of esters is 1. The zero-order valence-corrected chi connectivity index (χ0v) is 15.8. The lowest BCUT2D eigenvalue weighted by Crippen LogP contribution is -2.22. The zero-order chi connectivity index (χ0) is 20.9. The Morgan fingerprint density at radius 3 is 2.46 bits per heavy atom. The number of halogens is 1. The smallest absolute Gasteiger partial charge is 0.341 e. The van der Waals surface area contributed by atoms with Crippen LogP contribution in [0.5, 0.6) is 0 Å². The summed E-state index contributed by atoms with van der Waals surface area (Å²) in [7, 11) is -2.72. The van der Waals surface area contributed by atoms with Gasteiger partial charge in [0.2, 0.25) is 10.0 Å². The van der Waals surface area contributed by atoms with Crippen molar-refractivity contribution in [2.45, 2.75) is 11.8 Å². The summed E-state index contributed by atoms with van der Waals surface area (Å²) in [6.07, 6.45) is 0. The number of carbonyl (C=O) groups is 3. The molecule has 2 N–H and O–H groups in total. The molecular weight excluding hydrogens is 391 g/mol. The zero-order valence-electron chi connectivity index (χ0n) is 15.0. The Hall–Kier alpha value is -3.11. The Morgan fingerprint density at radius 2 is 1.82 bits per heavy atom. The summed E-state index contributed by atoms with van der Waals surface area (Å²) in [5, 5.41) is 2.44. The SMILES string of the molecule is CNS(=O)(=O)c1ccc(F)c(C(=O)OCC(=O)Nc2cccc(C(C)=O)c2)c1. The van der Waals surface area contributed by atoms with Crippen molar-refractivity contribution in [2.24, 2.45) is 0 Å². The van der Waals surface area contributed by atoms with Gasteiger partial charge in [0.1, 0.15) is 5.82 Å². The highest BCUT2D eigenvalue weighted by molar-refractivity contribution is 7.89. The molecule has 28 heavy (non-hydrogen) atoms. The highest BCUT2D eigenvalue weighted by Gasteiger charge is 2.20. The summed E-state index contributed by atoms with van der Waals surface area (Å²) in [5.41, 5.74) is 0.0872. The highest BCUT2D eigenvalue weighted by Crippen LogP contribution is 2.16. The van der Waals surface area contributed by atoms with Crippen LogP contribution < -0.4 is 10.0 Å². The molecule has 0 bridgehead atoms. The molecule has 0 aliphatic rings. The number of anilines is 1. The number of ether oxygens (including phenoxy) is 1. The van der Waals surface area contributed by atoms with Crippen molar-refractivity contribution in [3.05, 3.63) is 59.4 Å². The van der Waals surface area contributed by atoms with Crippen LogP contribution in [0, 0.1) is 5.82 Å². The van der Waals surface area contributed by atoms with Crippen LogP contribution in [0.2, 0.25) is 0 Å². The minimum absolute atomic E-state index is 0.186. The third-order valence-electron chi connectivity index (χ3n) is 3.62. The van der Waals surface area contributed by atoms with Gasteiger partial charge in [-0.05, 0) is 44.3 Å². The average Bonchev–Trinajstić information content (AvgIpc) is 2.66. The Balaban J connectivity index is 2.06. The third kappa shape index (κ3) is 5.21. The van der Waals surface area contributed by atoms with Crippen molar-refractivity contribution in [3.8, 4) is 0 Å². The van der Waals surface area contributed by atoms with Crippen LogP contribution in [0.25, 0.3) is 0 Å². The van der Waals surface area contributed by atoms with Crippen molar-refractivity contribution >= 4 is 33.4 Å². The normalized spacial score (nSPS) is 11.0. The van der Waals surface area contributed by atoms with E-state index in [2.05, 4.69) is 5.32 Å². The van der Waals surface area contributed by atoms with Gasteiger partial charge in [0.05, 0.1) is 10.5 Å². The van der Waals surface area contributed by atoms with Gasteiger partial charge < -0.3 is 10.1 Å². The molecule has 0 aliphatic heterocycles. The molecule has 0 aromatic heterocycles. The molecule has 8 nitrogen and oxygen atoms in total. The van der Waals surface area contributed by atoms with Crippen LogP contribution in [-0.2, 0) is 19.6 Å². The maximum absolute atomic E-state index is 13.9. The molecule has 0 radical (unpaired) electrons. The molecule has 2 aromatic rings. The third-order valence-corrected chi connectivity index (χ3v) is 5.04. The maximum Gasteiger partial charge on any atom is 0.341 e. The number of carbonyl (C=O) groups excluding carboxylic acids is 3. The van der Waals surface area contributed by atoms with E-state index >= 15 is 0 Å². The molecule has 148 valence electrons. The second-order valence-corrected chi connectivity index (χ2v) is 7.50. The lowest BCUT2D eigenvalue weighted by Gasteiger charge is -2.09. The molecule has 0 saturated heterocycles. The Labute approximate surface area is 160 Å². The van der Waals surface area contributed by atoms with Crippen molar-refractivity contribution in [2.75, 3.05) is 19.0 Å². The molecule has 0 saturated carbocycles. The van der Waals surface area contributed by atoms with Crippen molar-refractivity contribution in [1.29, 1.82) is 0 Å². The molecule has 1 amide bonds. The molecule has 10 heteroatoms. The summed E-state index contributed by atoms with van der Waals surface area (Å²) in [6, 6.07) is 8.76. The molecule has 0 aliphatic carbocycles. The van der Waals surface area contributed by atoms with Crippen LogP contribution in [-0.4, -0.2) is 39.7 Å². The molecular formula is C18H17FN2O6S. The van der Waals surface area contributed by atoms with Crippen LogP contribution in [0.1, 0.15) is 27.6 Å². The van der Waals surface area contributed by atoms with Gasteiger partial charge in [-0.3, -0.25) is 9.59 Å². The van der Waals surface area contributed by atoms with Gasteiger partial charge >= 0.3 is 5.97 Å². The van der Waals surface area contributed by atoms with Gasteiger partial charge in [-0.2, -0.15) is 0 Å². The van der Waals surface area contributed by atoms with Crippen LogP contribution in [0.15, 0.2) is 47.4 Å². The van der Waals surface area contributed by atoms with Crippen molar-refractivity contribution in [3.63, 3.8) is 0 Å². The highest BCUT2D eigenvalue weighted by atomic mass is 32.2. The fourth-order valence-corrected chi connectivity index (χ4v) is 2.92. The predicted octanol–water partition coefficient (Wildman–Crippen LogP) is 1.73. The Kier molecular flexibility index (Phi) is 6.60. The van der Waals surface area contributed by atoms with Gasteiger partial charge in [0.15, 0.2) is 12.4 Å². The minimum atomic E-state index is -3.89.